The van der Waals surface area contributed by atoms with Crippen LogP contribution >= 0.6 is 0 Å². The number of hydrogen-bond acceptors (Lipinski definition) is 5. The number of ketones is 1. The van der Waals surface area contributed by atoms with Crippen molar-refractivity contribution in [3.05, 3.63) is 66.0 Å². The molecule has 0 bridgehead atoms. The lowest BCUT2D eigenvalue weighted by atomic mass is 10.0. The van der Waals surface area contributed by atoms with Crippen LogP contribution in [0.5, 0.6) is 0 Å². The number of hydrogen-bond donors (Lipinski definition) is 2. The summed E-state index contributed by atoms with van der Waals surface area (Å²) >= 11 is 0. The average Bonchev–Trinajstić information content (AvgIpc) is 3.38. The highest BCUT2D eigenvalue weighted by molar-refractivity contribution is 6.00. The Morgan fingerprint density at radius 3 is 2.47 bits per heavy atom. The largest absolute Gasteiger partial charge is 0.445 e. The minimum Gasteiger partial charge on any atom is -0.445 e. The van der Waals surface area contributed by atoms with Crippen molar-refractivity contribution in [2.24, 2.45) is 5.92 Å². The van der Waals surface area contributed by atoms with Crippen molar-refractivity contribution in [2.45, 2.75) is 57.6 Å². The Balaban J connectivity index is 1.43. The second-order valence-electron chi connectivity index (χ2n) is 8.11. The van der Waals surface area contributed by atoms with Crippen LogP contribution in [0.1, 0.15) is 61.0 Å². The first kappa shape index (κ1) is 23.4. The normalized spacial score (nSPS) is 14.5. The second kappa shape index (κ2) is 12.6. The maximum absolute atomic E-state index is 12.9. The Bertz CT molecular complexity index is 867. The number of alkyl carbamates (subject to hydrolysis) is 1. The van der Waals surface area contributed by atoms with Crippen LogP contribution in [-0.4, -0.2) is 35.4 Å². The van der Waals surface area contributed by atoms with Gasteiger partial charge in [-0.05, 0) is 49.8 Å². The van der Waals surface area contributed by atoms with Gasteiger partial charge in [0.2, 0.25) is 11.7 Å². The number of benzene rings is 1. The number of carbonyl (C=O) groups excluding carboxylic acids is 3. The van der Waals surface area contributed by atoms with E-state index in [0.717, 1.165) is 31.2 Å². The molecule has 7 heteroatoms. The molecule has 1 aromatic carbocycles. The number of Topliss-reactive ketones (excluding diaryl/α,β-unsaturated/α-hetero) is 1. The van der Waals surface area contributed by atoms with Gasteiger partial charge in [0, 0.05) is 18.7 Å². The molecule has 1 aliphatic carbocycles. The summed E-state index contributed by atoms with van der Waals surface area (Å²) in [5, 5.41) is 5.68. The summed E-state index contributed by atoms with van der Waals surface area (Å²) in [7, 11) is 0. The molecule has 170 valence electrons. The number of rotatable bonds is 11. The Kier molecular flexibility index (Phi) is 9.22. The monoisotopic (exact) mass is 437 g/mol. The van der Waals surface area contributed by atoms with Crippen molar-refractivity contribution in [3.63, 3.8) is 0 Å². The fourth-order valence-corrected chi connectivity index (χ4v) is 3.87. The Morgan fingerprint density at radius 1 is 1.00 bits per heavy atom. The van der Waals surface area contributed by atoms with Gasteiger partial charge in [-0.15, -0.1) is 0 Å². The number of nitrogens with one attached hydrogen (secondary N) is 2. The smallest absolute Gasteiger partial charge is 0.407 e. The van der Waals surface area contributed by atoms with Gasteiger partial charge in [0.25, 0.3) is 0 Å². The van der Waals surface area contributed by atoms with E-state index in [2.05, 4.69) is 15.6 Å². The zero-order valence-corrected chi connectivity index (χ0v) is 18.3. The lowest BCUT2D eigenvalue weighted by Crippen LogP contribution is -2.43. The SMILES string of the molecule is O=C(NCCCCC(NC(=O)C1CCCC1)C(=O)c1ccccn1)OCc1ccccc1. The Labute approximate surface area is 189 Å². The van der Waals surface area contributed by atoms with Crippen LogP contribution in [0.3, 0.4) is 0 Å². The molecule has 32 heavy (non-hydrogen) atoms. The van der Waals surface area contributed by atoms with Crippen LogP contribution in [-0.2, 0) is 16.1 Å². The highest BCUT2D eigenvalue weighted by Gasteiger charge is 2.28. The standard InChI is InChI=1S/C25H31N3O4/c29-23(21-14-6-8-16-26-21)22(28-24(30)20-12-4-5-13-20)15-7-9-17-27-25(31)32-18-19-10-2-1-3-11-19/h1-3,6,8,10-11,14,16,20,22H,4-5,7,9,12-13,15,17-18H2,(H,27,31)(H,28,30). The quantitative estimate of drug-likeness (QED) is 0.408. The Morgan fingerprint density at radius 2 is 1.75 bits per heavy atom. The van der Waals surface area contributed by atoms with Crippen molar-refractivity contribution in [1.29, 1.82) is 0 Å². The van der Waals surface area contributed by atoms with Crippen molar-refractivity contribution in [1.82, 2.24) is 15.6 Å². The molecule has 0 aliphatic heterocycles. The first-order valence-corrected chi connectivity index (χ1v) is 11.3. The summed E-state index contributed by atoms with van der Waals surface area (Å²) < 4.78 is 5.19. The first-order valence-electron chi connectivity index (χ1n) is 11.3. The predicted molar refractivity (Wildman–Crippen MR) is 121 cm³/mol. The molecule has 1 saturated carbocycles. The molecule has 1 unspecified atom stereocenters. The van der Waals surface area contributed by atoms with Crippen LogP contribution in [0.4, 0.5) is 4.79 Å². The van der Waals surface area contributed by atoms with E-state index in [1.165, 1.54) is 0 Å². The predicted octanol–water partition coefficient (Wildman–Crippen LogP) is 4.04. The number of pyridine rings is 1. The molecular formula is C25H31N3O4. The number of carbonyl (C=O) groups is 3. The van der Waals surface area contributed by atoms with Gasteiger partial charge in [0.1, 0.15) is 12.3 Å². The average molecular weight is 438 g/mol. The van der Waals surface area contributed by atoms with Crippen molar-refractivity contribution < 1.29 is 19.1 Å². The van der Waals surface area contributed by atoms with E-state index < -0.39 is 12.1 Å². The van der Waals surface area contributed by atoms with E-state index in [1.807, 2.05) is 30.3 Å². The van der Waals surface area contributed by atoms with Crippen molar-refractivity contribution >= 4 is 17.8 Å². The van der Waals surface area contributed by atoms with Gasteiger partial charge < -0.3 is 15.4 Å². The number of ether oxygens (including phenoxy) is 1. The van der Waals surface area contributed by atoms with E-state index >= 15 is 0 Å². The summed E-state index contributed by atoms with van der Waals surface area (Å²) in [6.07, 6.45) is 6.83. The number of amides is 2. The summed E-state index contributed by atoms with van der Waals surface area (Å²) in [5.74, 6) is -0.221. The van der Waals surface area contributed by atoms with Crippen LogP contribution in [0.25, 0.3) is 0 Å². The molecule has 0 radical (unpaired) electrons. The van der Waals surface area contributed by atoms with E-state index in [1.54, 1.807) is 24.4 Å². The Hall–Kier alpha value is -3.22. The fraction of sp³-hybridized carbons (Fsp3) is 0.440. The van der Waals surface area contributed by atoms with E-state index in [4.69, 9.17) is 4.74 Å². The summed E-state index contributed by atoms with van der Waals surface area (Å²) in [6.45, 7) is 0.662. The maximum atomic E-state index is 12.9. The molecule has 1 heterocycles. The van der Waals surface area contributed by atoms with Gasteiger partial charge in [-0.2, -0.15) is 0 Å². The highest BCUT2D eigenvalue weighted by Crippen LogP contribution is 2.25. The minimum absolute atomic E-state index is 0.00455. The zero-order chi connectivity index (χ0) is 22.6. The van der Waals surface area contributed by atoms with Crippen molar-refractivity contribution in [3.8, 4) is 0 Å². The van der Waals surface area contributed by atoms with Gasteiger partial charge >= 0.3 is 6.09 Å². The van der Waals surface area contributed by atoms with Crippen LogP contribution < -0.4 is 10.6 Å². The van der Waals surface area contributed by atoms with Crippen LogP contribution in [0, 0.1) is 5.92 Å². The molecule has 0 spiro atoms. The molecule has 3 rings (SSSR count). The summed E-state index contributed by atoms with van der Waals surface area (Å²) in [5.41, 5.74) is 1.28. The minimum atomic E-state index is -0.608. The third-order valence-corrected chi connectivity index (χ3v) is 5.68. The third-order valence-electron chi connectivity index (χ3n) is 5.68. The van der Waals surface area contributed by atoms with Crippen LogP contribution in [0.15, 0.2) is 54.7 Å². The number of unbranched alkanes of at least 4 members (excludes halogenated alkanes) is 1. The van der Waals surface area contributed by atoms with E-state index in [-0.39, 0.29) is 24.2 Å². The van der Waals surface area contributed by atoms with Gasteiger partial charge in [-0.25, -0.2) is 4.79 Å². The molecule has 1 fully saturated rings. The molecule has 0 saturated heterocycles. The van der Waals surface area contributed by atoms with E-state index in [0.29, 0.717) is 31.5 Å². The molecule has 2 aromatic rings. The van der Waals surface area contributed by atoms with Crippen molar-refractivity contribution in [2.75, 3.05) is 6.54 Å². The van der Waals surface area contributed by atoms with Gasteiger partial charge in [0.15, 0.2) is 0 Å². The highest BCUT2D eigenvalue weighted by atomic mass is 16.5. The topological polar surface area (TPSA) is 97.4 Å². The van der Waals surface area contributed by atoms with Gasteiger partial charge in [-0.3, -0.25) is 14.6 Å². The molecule has 7 nitrogen and oxygen atoms in total. The van der Waals surface area contributed by atoms with Crippen LogP contribution in [0.2, 0.25) is 0 Å². The van der Waals surface area contributed by atoms with Gasteiger partial charge in [-0.1, -0.05) is 49.2 Å². The maximum Gasteiger partial charge on any atom is 0.407 e. The fourth-order valence-electron chi connectivity index (χ4n) is 3.87. The first-order chi connectivity index (χ1) is 15.6. The molecule has 2 N–H and O–H groups in total. The number of nitrogens with zero attached hydrogens (tertiary/aromatic N) is 1. The summed E-state index contributed by atoms with van der Waals surface area (Å²) in [4.78, 5) is 41.5. The third kappa shape index (κ3) is 7.48. The second-order valence-corrected chi connectivity index (χ2v) is 8.11. The summed E-state index contributed by atoms with van der Waals surface area (Å²) in [6, 6.07) is 14.1. The van der Waals surface area contributed by atoms with Gasteiger partial charge in [0.05, 0.1) is 6.04 Å². The molecule has 2 amide bonds. The number of aromatic nitrogens is 1. The molecule has 1 atom stereocenters. The molecule has 1 aliphatic rings. The zero-order valence-electron chi connectivity index (χ0n) is 18.3. The molecular weight excluding hydrogens is 406 g/mol. The lowest BCUT2D eigenvalue weighted by Gasteiger charge is -2.20. The lowest BCUT2D eigenvalue weighted by molar-refractivity contribution is -0.125. The van der Waals surface area contributed by atoms with E-state index in [9.17, 15) is 14.4 Å². The molecule has 1 aromatic heterocycles.